The molecule has 2 aromatic heterocycles. The highest BCUT2D eigenvalue weighted by Crippen LogP contribution is 2.23. The molecule has 1 fully saturated rings. The first kappa shape index (κ1) is 18.5. The fraction of sp³-hybridized carbons (Fsp3) is 0.263. The second-order valence-electron chi connectivity index (χ2n) is 6.80. The Labute approximate surface area is 166 Å². The van der Waals surface area contributed by atoms with Crippen molar-refractivity contribution in [2.45, 2.75) is 12.8 Å². The van der Waals surface area contributed by atoms with Crippen LogP contribution in [0.4, 0.5) is 17.2 Å². The molecule has 0 spiro atoms. The van der Waals surface area contributed by atoms with E-state index in [1.54, 1.807) is 23.3 Å². The SMILES string of the molecule is O=C(Nc1ccc([N+](=O)[O-])cc1)C1CCCN(c2ccc(-n3ccnc3)nn2)C1. The molecule has 1 aliphatic rings. The molecule has 0 saturated carbocycles. The molecule has 1 atom stereocenters. The van der Waals surface area contributed by atoms with E-state index < -0.39 is 4.92 Å². The topological polar surface area (TPSA) is 119 Å². The highest BCUT2D eigenvalue weighted by atomic mass is 16.6. The zero-order valence-corrected chi connectivity index (χ0v) is 15.5. The van der Waals surface area contributed by atoms with Gasteiger partial charge in [0, 0.05) is 43.3 Å². The van der Waals surface area contributed by atoms with E-state index >= 15 is 0 Å². The van der Waals surface area contributed by atoms with E-state index in [1.807, 2.05) is 17.0 Å². The zero-order chi connectivity index (χ0) is 20.2. The maximum atomic E-state index is 12.7. The number of piperidine rings is 1. The fourth-order valence-corrected chi connectivity index (χ4v) is 3.33. The van der Waals surface area contributed by atoms with Crippen LogP contribution in [0.1, 0.15) is 12.8 Å². The van der Waals surface area contributed by atoms with Crippen LogP contribution in [0.3, 0.4) is 0 Å². The summed E-state index contributed by atoms with van der Waals surface area (Å²) in [5, 5.41) is 22.1. The summed E-state index contributed by atoms with van der Waals surface area (Å²) in [5.74, 6) is 1.10. The van der Waals surface area contributed by atoms with Crippen molar-refractivity contribution in [3.8, 4) is 5.82 Å². The van der Waals surface area contributed by atoms with E-state index in [4.69, 9.17) is 0 Å². The number of amides is 1. The van der Waals surface area contributed by atoms with E-state index in [-0.39, 0.29) is 17.5 Å². The Morgan fingerprint density at radius 3 is 2.55 bits per heavy atom. The molecule has 148 valence electrons. The lowest BCUT2D eigenvalue weighted by Crippen LogP contribution is -2.41. The van der Waals surface area contributed by atoms with Gasteiger partial charge in [-0.05, 0) is 37.1 Å². The third kappa shape index (κ3) is 4.21. The van der Waals surface area contributed by atoms with Gasteiger partial charge in [-0.25, -0.2) is 4.98 Å². The van der Waals surface area contributed by atoms with E-state index in [2.05, 4.69) is 20.5 Å². The maximum Gasteiger partial charge on any atom is 0.269 e. The standard InChI is InChI=1S/C19H19N7O3/c27-19(21-15-3-5-16(6-4-15)26(28)29)14-2-1-10-24(12-14)17-7-8-18(23-22-17)25-11-9-20-13-25/h3-9,11,13-14H,1-2,10,12H2,(H,21,27). The van der Waals surface area contributed by atoms with Crippen LogP contribution in [-0.4, -0.2) is 43.7 Å². The average molecular weight is 393 g/mol. The number of rotatable bonds is 5. The molecule has 1 amide bonds. The number of nitrogens with one attached hydrogen (secondary N) is 1. The van der Waals surface area contributed by atoms with Gasteiger partial charge >= 0.3 is 0 Å². The van der Waals surface area contributed by atoms with Crippen LogP contribution < -0.4 is 10.2 Å². The molecule has 29 heavy (non-hydrogen) atoms. The molecule has 4 rings (SSSR count). The Hall–Kier alpha value is -3.82. The van der Waals surface area contributed by atoms with E-state index in [0.29, 0.717) is 18.1 Å². The van der Waals surface area contributed by atoms with Gasteiger partial charge in [0.25, 0.3) is 5.69 Å². The van der Waals surface area contributed by atoms with Gasteiger partial charge in [-0.3, -0.25) is 19.5 Å². The maximum absolute atomic E-state index is 12.7. The summed E-state index contributed by atoms with van der Waals surface area (Å²) in [6, 6.07) is 9.58. The van der Waals surface area contributed by atoms with E-state index in [0.717, 1.165) is 25.2 Å². The predicted molar refractivity (Wildman–Crippen MR) is 106 cm³/mol. The summed E-state index contributed by atoms with van der Waals surface area (Å²) < 4.78 is 1.77. The van der Waals surface area contributed by atoms with Gasteiger partial charge in [-0.1, -0.05) is 0 Å². The second-order valence-corrected chi connectivity index (χ2v) is 6.80. The molecule has 3 aromatic rings. The van der Waals surface area contributed by atoms with Crippen LogP contribution in [0.2, 0.25) is 0 Å². The Kier molecular flexibility index (Phi) is 5.14. The number of hydrogen-bond acceptors (Lipinski definition) is 7. The largest absolute Gasteiger partial charge is 0.354 e. The number of aromatic nitrogens is 4. The van der Waals surface area contributed by atoms with Crippen molar-refractivity contribution >= 4 is 23.1 Å². The number of non-ortho nitro benzene ring substituents is 1. The van der Waals surface area contributed by atoms with E-state index in [1.165, 1.54) is 24.3 Å². The van der Waals surface area contributed by atoms with Gasteiger partial charge < -0.3 is 10.2 Å². The van der Waals surface area contributed by atoms with Crippen LogP contribution in [-0.2, 0) is 4.79 Å². The zero-order valence-electron chi connectivity index (χ0n) is 15.5. The number of imidazole rings is 1. The van der Waals surface area contributed by atoms with Gasteiger partial charge in [0.1, 0.15) is 6.33 Å². The summed E-state index contributed by atoms with van der Waals surface area (Å²) in [4.78, 5) is 29.0. The van der Waals surface area contributed by atoms with Gasteiger partial charge in [0.05, 0.1) is 10.8 Å². The Morgan fingerprint density at radius 2 is 1.90 bits per heavy atom. The van der Waals surface area contributed by atoms with Crippen molar-refractivity contribution in [3.05, 3.63) is 65.2 Å². The van der Waals surface area contributed by atoms with E-state index in [9.17, 15) is 14.9 Å². The van der Waals surface area contributed by atoms with Crippen molar-refractivity contribution in [1.82, 2.24) is 19.7 Å². The van der Waals surface area contributed by atoms with Crippen LogP contribution in [0.5, 0.6) is 0 Å². The van der Waals surface area contributed by atoms with Gasteiger partial charge in [-0.2, -0.15) is 0 Å². The second kappa shape index (κ2) is 8.05. The Morgan fingerprint density at radius 1 is 1.14 bits per heavy atom. The van der Waals surface area contributed by atoms with Crippen molar-refractivity contribution < 1.29 is 9.72 Å². The van der Waals surface area contributed by atoms with Gasteiger partial charge in [-0.15, -0.1) is 10.2 Å². The molecular formula is C19H19N7O3. The van der Waals surface area contributed by atoms with Gasteiger partial charge in [0.2, 0.25) is 5.91 Å². The number of carbonyl (C=O) groups is 1. The molecule has 3 heterocycles. The lowest BCUT2D eigenvalue weighted by molar-refractivity contribution is -0.384. The highest BCUT2D eigenvalue weighted by Gasteiger charge is 2.27. The summed E-state index contributed by atoms with van der Waals surface area (Å²) in [7, 11) is 0. The average Bonchev–Trinajstić information content (AvgIpc) is 3.29. The number of hydrogen-bond donors (Lipinski definition) is 1. The Balaban J connectivity index is 1.39. The molecule has 1 saturated heterocycles. The highest BCUT2D eigenvalue weighted by molar-refractivity contribution is 5.93. The normalized spacial score (nSPS) is 16.4. The molecule has 1 unspecified atom stereocenters. The predicted octanol–water partition coefficient (Wildman–Crippen LogP) is 2.43. The molecule has 1 aromatic carbocycles. The van der Waals surface area contributed by atoms with Crippen LogP contribution >= 0.6 is 0 Å². The first-order valence-electron chi connectivity index (χ1n) is 9.22. The first-order chi connectivity index (χ1) is 14.1. The minimum absolute atomic E-state index is 0.00967. The summed E-state index contributed by atoms with van der Waals surface area (Å²) >= 11 is 0. The van der Waals surface area contributed by atoms with Crippen molar-refractivity contribution in [3.63, 3.8) is 0 Å². The van der Waals surface area contributed by atoms with Crippen LogP contribution in [0.15, 0.2) is 55.1 Å². The van der Waals surface area contributed by atoms with Crippen molar-refractivity contribution in [2.75, 3.05) is 23.3 Å². The quantitative estimate of drug-likeness (QED) is 0.522. The Bertz CT molecular complexity index is 988. The number of nitro benzene ring substituents is 1. The van der Waals surface area contributed by atoms with Gasteiger partial charge in [0.15, 0.2) is 11.6 Å². The monoisotopic (exact) mass is 393 g/mol. The molecule has 0 bridgehead atoms. The third-order valence-corrected chi connectivity index (χ3v) is 4.87. The number of anilines is 2. The summed E-state index contributed by atoms with van der Waals surface area (Å²) in [6.45, 7) is 1.35. The number of carbonyl (C=O) groups excluding carboxylic acids is 1. The molecular weight excluding hydrogens is 374 g/mol. The van der Waals surface area contributed by atoms with Crippen LogP contribution in [0.25, 0.3) is 5.82 Å². The lowest BCUT2D eigenvalue weighted by atomic mass is 9.97. The molecule has 1 N–H and O–H groups in total. The molecule has 0 radical (unpaired) electrons. The van der Waals surface area contributed by atoms with Crippen LogP contribution in [0, 0.1) is 16.0 Å². The summed E-state index contributed by atoms with van der Waals surface area (Å²) in [5.41, 5.74) is 0.534. The molecule has 1 aliphatic heterocycles. The molecule has 10 heteroatoms. The fourth-order valence-electron chi connectivity index (χ4n) is 3.33. The molecule has 10 nitrogen and oxygen atoms in total. The number of benzene rings is 1. The van der Waals surface area contributed by atoms with Crippen molar-refractivity contribution in [1.29, 1.82) is 0 Å². The lowest BCUT2D eigenvalue weighted by Gasteiger charge is -2.32. The third-order valence-electron chi connectivity index (χ3n) is 4.87. The summed E-state index contributed by atoms with van der Waals surface area (Å²) in [6.07, 6.45) is 6.76. The molecule has 0 aliphatic carbocycles. The van der Waals surface area contributed by atoms with Crippen molar-refractivity contribution in [2.24, 2.45) is 5.92 Å². The number of nitrogens with zero attached hydrogens (tertiary/aromatic N) is 6. The first-order valence-corrected chi connectivity index (χ1v) is 9.22. The minimum Gasteiger partial charge on any atom is -0.354 e. The smallest absolute Gasteiger partial charge is 0.269 e. The minimum atomic E-state index is -0.469. The number of nitro groups is 1.